The topological polar surface area (TPSA) is 113 Å². The molecule has 0 radical (unpaired) electrons. The second-order valence-electron chi connectivity index (χ2n) is 5.39. The van der Waals surface area contributed by atoms with Crippen molar-refractivity contribution in [3.8, 4) is 0 Å². The zero-order valence-electron chi connectivity index (χ0n) is 12.3. The largest absolute Gasteiger partial charge is 0.479 e. The van der Waals surface area contributed by atoms with Gasteiger partial charge >= 0.3 is 5.97 Å². The van der Waals surface area contributed by atoms with Crippen molar-refractivity contribution in [2.45, 2.75) is 23.5 Å². The molecule has 0 spiro atoms. The molecule has 2 heterocycles. The van der Waals surface area contributed by atoms with Gasteiger partial charge in [0.05, 0.1) is 5.03 Å². The molecular formula is C15H14ClN3O4S. The number of carbonyl (C=O) groups excluding carboxylic acids is 2. The van der Waals surface area contributed by atoms with Gasteiger partial charge in [-0.2, -0.15) is 0 Å². The lowest BCUT2D eigenvalue weighted by molar-refractivity contribution is -0.159. The summed E-state index contributed by atoms with van der Waals surface area (Å²) in [7, 11) is 0. The van der Waals surface area contributed by atoms with Crippen molar-refractivity contribution >= 4 is 41.1 Å². The van der Waals surface area contributed by atoms with Crippen LogP contribution < -0.4 is 11.1 Å². The Bertz CT molecular complexity index is 727. The van der Waals surface area contributed by atoms with E-state index in [9.17, 15) is 19.5 Å². The van der Waals surface area contributed by atoms with Gasteiger partial charge in [-0.25, -0.2) is 4.79 Å². The zero-order chi connectivity index (χ0) is 17.4. The number of amides is 2. The Hall–Kier alpha value is -2.03. The minimum Gasteiger partial charge on any atom is -0.479 e. The summed E-state index contributed by atoms with van der Waals surface area (Å²) in [6.07, 6.45) is 0. The van der Waals surface area contributed by atoms with Gasteiger partial charge in [-0.05, 0) is 11.0 Å². The van der Waals surface area contributed by atoms with Gasteiger partial charge in [0.1, 0.15) is 17.5 Å². The molecule has 7 nitrogen and oxygen atoms in total. The second-order valence-corrected chi connectivity index (χ2v) is 6.82. The Morgan fingerprint density at radius 3 is 2.62 bits per heavy atom. The number of aliphatic carboxylic acids is 1. The molecular weight excluding hydrogens is 354 g/mol. The van der Waals surface area contributed by atoms with Crippen molar-refractivity contribution in [3.63, 3.8) is 0 Å². The van der Waals surface area contributed by atoms with E-state index >= 15 is 0 Å². The molecule has 0 aliphatic carbocycles. The summed E-state index contributed by atoms with van der Waals surface area (Å²) >= 11 is 7.08. The highest BCUT2D eigenvalue weighted by Gasteiger charge is 2.55. The number of carbonyl (C=O) groups is 3. The Kier molecular flexibility index (Phi) is 4.53. The third-order valence-corrected chi connectivity index (χ3v) is 5.53. The van der Waals surface area contributed by atoms with Gasteiger partial charge in [-0.1, -0.05) is 41.9 Å². The number of hydrogen-bond acceptors (Lipinski definition) is 5. The van der Waals surface area contributed by atoms with E-state index in [1.165, 1.54) is 17.2 Å². The van der Waals surface area contributed by atoms with E-state index in [1.807, 2.05) is 6.07 Å². The normalized spacial score (nSPS) is 26.8. The van der Waals surface area contributed by atoms with Crippen molar-refractivity contribution in [3.05, 3.63) is 46.3 Å². The van der Waals surface area contributed by atoms with Gasteiger partial charge in [0, 0.05) is 0 Å². The van der Waals surface area contributed by atoms with Gasteiger partial charge in [-0.3, -0.25) is 9.59 Å². The van der Waals surface area contributed by atoms with E-state index < -0.39 is 41.3 Å². The van der Waals surface area contributed by atoms with Gasteiger partial charge in [-0.15, -0.1) is 11.8 Å². The summed E-state index contributed by atoms with van der Waals surface area (Å²) in [5.41, 5.74) is 6.53. The number of rotatable bonds is 4. The molecule has 0 aromatic heterocycles. The van der Waals surface area contributed by atoms with Crippen molar-refractivity contribution in [1.29, 1.82) is 0 Å². The van der Waals surface area contributed by atoms with Gasteiger partial charge in [0.2, 0.25) is 11.8 Å². The highest BCUT2D eigenvalue weighted by Crippen LogP contribution is 2.41. The lowest BCUT2D eigenvalue weighted by Gasteiger charge is -2.50. The maximum Gasteiger partial charge on any atom is 0.332 e. The molecule has 0 saturated carbocycles. The molecule has 1 saturated heterocycles. The average Bonchev–Trinajstić information content (AvgIpc) is 2.59. The molecule has 3 rings (SSSR count). The Balaban J connectivity index is 1.71. The Labute approximate surface area is 146 Å². The molecule has 1 aromatic carbocycles. The molecule has 0 bridgehead atoms. The van der Waals surface area contributed by atoms with Crippen LogP contribution >= 0.6 is 23.4 Å². The van der Waals surface area contributed by atoms with Crippen LogP contribution in [-0.4, -0.2) is 45.2 Å². The van der Waals surface area contributed by atoms with Crippen LogP contribution in [0.3, 0.4) is 0 Å². The van der Waals surface area contributed by atoms with Gasteiger partial charge in [0.25, 0.3) is 0 Å². The van der Waals surface area contributed by atoms with Crippen LogP contribution in [-0.2, 0) is 14.4 Å². The number of nitrogens with zero attached hydrogens (tertiary/aromatic N) is 1. The number of hydrogen-bond donors (Lipinski definition) is 3. The molecule has 1 aromatic rings. The number of nitrogens with one attached hydrogen (secondary N) is 1. The SMILES string of the molecule is N[C@@H](C(=O)N[C@@H]1C(=O)N2[C@H](C(=O)O)C(Cl)=CS[C@H]12)c1ccccc1. The van der Waals surface area contributed by atoms with Crippen molar-refractivity contribution < 1.29 is 19.5 Å². The number of nitrogens with two attached hydrogens (primary N) is 1. The Morgan fingerprint density at radius 2 is 2.00 bits per heavy atom. The monoisotopic (exact) mass is 367 g/mol. The first kappa shape index (κ1) is 16.8. The lowest BCUT2D eigenvalue weighted by atomic mass is 10.0. The smallest absolute Gasteiger partial charge is 0.332 e. The molecule has 1 fully saturated rings. The van der Waals surface area contributed by atoms with Crippen LogP contribution in [0.4, 0.5) is 0 Å². The van der Waals surface area contributed by atoms with Crippen molar-refractivity contribution in [2.75, 3.05) is 0 Å². The number of thioether (sulfide) groups is 1. The van der Waals surface area contributed by atoms with E-state index in [0.717, 1.165) is 4.90 Å². The van der Waals surface area contributed by atoms with Gasteiger partial charge in [0.15, 0.2) is 6.04 Å². The van der Waals surface area contributed by atoms with Crippen molar-refractivity contribution in [2.24, 2.45) is 5.73 Å². The van der Waals surface area contributed by atoms with Crippen LogP contribution in [0.15, 0.2) is 40.8 Å². The standard InChI is InChI=1S/C15H14ClN3O4S/c16-8-6-24-14-10(13(21)19(14)11(8)15(22)23)18-12(20)9(17)7-4-2-1-3-5-7/h1-6,9-11,14H,17H2,(H,18,20)(H,22,23)/t9-,10-,11+,14-/m1/s1. The number of benzene rings is 1. The number of carboxylic acid groups (broad SMARTS) is 1. The summed E-state index contributed by atoms with van der Waals surface area (Å²) in [5.74, 6) is -2.19. The Morgan fingerprint density at radius 1 is 1.33 bits per heavy atom. The third-order valence-electron chi connectivity index (χ3n) is 3.91. The number of β-lactam (4-membered cyclic amide) rings is 1. The number of fused-ring (bicyclic) bond motifs is 1. The first-order valence-corrected chi connectivity index (χ1v) is 8.41. The van der Waals surface area contributed by atoms with Crippen LogP contribution in [0.25, 0.3) is 0 Å². The molecule has 24 heavy (non-hydrogen) atoms. The molecule has 2 aliphatic heterocycles. The second kappa shape index (κ2) is 6.46. The number of halogens is 1. The number of carboxylic acids is 1. The third kappa shape index (κ3) is 2.77. The van der Waals surface area contributed by atoms with Crippen molar-refractivity contribution in [1.82, 2.24) is 10.2 Å². The van der Waals surface area contributed by atoms with Crippen LogP contribution in [0.5, 0.6) is 0 Å². The first-order chi connectivity index (χ1) is 11.4. The fourth-order valence-corrected chi connectivity index (χ4v) is 4.11. The molecule has 9 heteroatoms. The molecule has 4 atom stereocenters. The predicted octanol–water partition coefficient (Wildman–Crippen LogP) is 0.620. The fraction of sp³-hybridized carbons (Fsp3) is 0.267. The molecule has 126 valence electrons. The van der Waals surface area contributed by atoms with E-state index in [4.69, 9.17) is 17.3 Å². The average molecular weight is 368 g/mol. The molecule has 2 amide bonds. The van der Waals surface area contributed by atoms with Crippen LogP contribution in [0.2, 0.25) is 0 Å². The van der Waals surface area contributed by atoms with Crippen LogP contribution in [0, 0.1) is 0 Å². The van der Waals surface area contributed by atoms with Gasteiger partial charge < -0.3 is 21.1 Å². The summed E-state index contributed by atoms with van der Waals surface area (Å²) < 4.78 is 0. The minimum atomic E-state index is -1.21. The van der Waals surface area contributed by atoms with E-state index in [0.29, 0.717) is 5.56 Å². The lowest BCUT2D eigenvalue weighted by Crippen LogP contribution is -2.74. The fourth-order valence-electron chi connectivity index (χ4n) is 2.66. The predicted molar refractivity (Wildman–Crippen MR) is 88.9 cm³/mol. The zero-order valence-corrected chi connectivity index (χ0v) is 13.8. The minimum absolute atomic E-state index is 0.0721. The first-order valence-electron chi connectivity index (χ1n) is 7.08. The molecule has 2 aliphatic rings. The maximum atomic E-state index is 12.3. The van der Waals surface area contributed by atoms with E-state index in [2.05, 4.69) is 5.32 Å². The summed E-state index contributed by atoms with van der Waals surface area (Å²) in [6.45, 7) is 0. The highest BCUT2D eigenvalue weighted by molar-refractivity contribution is 8.03. The van der Waals surface area contributed by atoms with E-state index in [1.54, 1.807) is 24.3 Å². The summed E-state index contributed by atoms with van der Waals surface area (Å²) in [5, 5.41) is 12.9. The quantitative estimate of drug-likeness (QED) is 0.672. The molecule has 0 unspecified atom stereocenters. The summed E-state index contributed by atoms with van der Waals surface area (Å²) in [4.78, 5) is 37.0. The van der Waals surface area contributed by atoms with E-state index in [-0.39, 0.29) is 5.03 Å². The highest BCUT2D eigenvalue weighted by atomic mass is 35.5. The molecule has 4 N–H and O–H groups in total. The van der Waals surface area contributed by atoms with Crippen LogP contribution in [0.1, 0.15) is 11.6 Å². The maximum absolute atomic E-state index is 12.3. The summed E-state index contributed by atoms with van der Waals surface area (Å²) in [6, 6.07) is 5.84.